The molecule has 1 aromatic carbocycles. The number of aromatic hydroxyl groups is 1. The Morgan fingerprint density at radius 1 is 1.00 bits per heavy atom. The third-order valence-electron chi connectivity index (χ3n) is 2.08. The molecule has 1 aliphatic rings. The van der Waals surface area contributed by atoms with Gasteiger partial charge in [-0.1, -0.05) is 23.2 Å². The molecule has 0 bridgehead atoms. The number of hydrogen-bond acceptors (Lipinski definition) is 3. The number of ketones is 1. The first-order chi connectivity index (χ1) is 8.06. The molecule has 3 nitrogen and oxygen atoms in total. The number of nitrogens with zero attached hydrogens (tertiary/aromatic N) is 1. The molecule has 18 heavy (non-hydrogen) atoms. The number of phenolic OH excluding ortho intramolecular Hbond substituents is 1. The molecular weight excluding hydrogens is 284 g/mol. The van der Waals surface area contributed by atoms with Crippen LogP contribution in [0.15, 0.2) is 51.5 Å². The first-order valence-corrected chi connectivity index (χ1v) is 5.48. The number of aliphatic imine (C=N–C) groups is 1. The largest absolute Gasteiger partial charge is 0.508 e. The third kappa shape index (κ3) is 3.70. The molecule has 0 spiro atoms. The summed E-state index contributed by atoms with van der Waals surface area (Å²) in [5.74, 6) is -0.110. The summed E-state index contributed by atoms with van der Waals surface area (Å²) >= 11 is 11.8. The number of allylic oxidation sites excluding steroid dienone is 4. The van der Waals surface area contributed by atoms with Crippen LogP contribution in [0.25, 0.3) is 0 Å². The molecule has 87 valence electrons. The van der Waals surface area contributed by atoms with Crippen LogP contribution < -0.4 is 0 Å². The van der Waals surface area contributed by atoms with E-state index in [9.17, 15) is 4.79 Å². The average Bonchev–Trinajstić information content (AvgIpc) is 2.26. The number of phenols is 1. The van der Waals surface area contributed by atoms with E-state index in [1.54, 1.807) is 12.1 Å². The van der Waals surface area contributed by atoms with E-state index in [1.807, 2.05) is 0 Å². The van der Waals surface area contributed by atoms with Crippen molar-refractivity contribution in [2.45, 2.75) is 0 Å². The van der Waals surface area contributed by atoms with Crippen LogP contribution in [0.5, 0.6) is 5.75 Å². The summed E-state index contributed by atoms with van der Waals surface area (Å²) in [6.07, 6.45) is 2.51. The summed E-state index contributed by atoms with van der Waals surface area (Å²) in [4.78, 5) is 15.3. The molecule has 0 amide bonds. The van der Waals surface area contributed by atoms with Crippen molar-refractivity contribution < 1.29 is 9.90 Å². The van der Waals surface area contributed by atoms with Gasteiger partial charge in [-0.05, 0) is 24.3 Å². The van der Waals surface area contributed by atoms with Crippen molar-refractivity contribution in [3.63, 3.8) is 0 Å². The van der Waals surface area contributed by atoms with Crippen molar-refractivity contribution in [1.82, 2.24) is 0 Å². The first-order valence-electron chi connectivity index (χ1n) is 4.73. The van der Waals surface area contributed by atoms with E-state index in [4.69, 9.17) is 28.3 Å². The fourth-order valence-electron chi connectivity index (χ4n) is 1.31. The zero-order valence-electron chi connectivity index (χ0n) is 9.52. The minimum Gasteiger partial charge on any atom is -0.508 e. The van der Waals surface area contributed by atoms with E-state index in [1.165, 1.54) is 24.3 Å². The predicted molar refractivity (Wildman–Crippen MR) is 73.8 cm³/mol. The SMILES string of the molecule is O=C1C=C(Cl)C(=Nc2ccc(O)cc2)C(Cl)=C1.[Na]. The summed E-state index contributed by atoms with van der Waals surface area (Å²) in [5.41, 5.74) is 0.934. The number of benzene rings is 1. The van der Waals surface area contributed by atoms with Crippen LogP contribution in [0.1, 0.15) is 0 Å². The second-order valence-corrected chi connectivity index (χ2v) is 4.18. The summed E-state index contributed by atoms with van der Waals surface area (Å²) in [6.45, 7) is 0. The maximum Gasteiger partial charge on any atom is 0.181 e. The van der Waals surface area contributed by atoms with Gasteiger partial charge in [0.25, 0.3) is 0 Å². The summed E-state index contributed by atoms with van der Waals surface area (Å²) < 4.78 is 0. The van der Waals surface area contributed by atoms with E-state index < -0.39 is 0 Å². The van der Waals surface area contributed by atoms with E-state index in [-0.39, 0.29) is 51.2 Å². The Balaban J connectivity index is 0.00000162. The molecule has 0 atom stereocenters. The Hall–Kier alpha value is -0.580. The molecule has 1 aromatic rings. The molecule has 2 rings (SSSR count). The number of carbonyl (C=O) groups is 1. The fraction of sp³-hybridized carbons (Fsp3) is 0. The topological polar surface area (TPSA) is 49.7 Å². The summed E-state index contributed by atoms with van der Waals surface area (Å²) in [6, 6.07) is 6.24. The Kier molecular flexibility index (Phi) is 5.63. The van der Waals surface area contributed by atoms with Gasteiger partial charge in [0.15, 0.2) is 5.78 Å². The molecule has 0 aliphatic heterocycles. The Morgan fingerprint density at radius 2 is 1.50 bits per heavy atom. The minimum atomic E-state index is -0.260. The van der Waals surface area contributed by atoms with Crippen LogP contribution in [0.2, 0.25) is 0 Å². The van der Waals surface area contributed by atoms with Gasteiger partial charge < -0.3 is 5.11 Å². The Bertz CT molecular complexity index is 538. The van der Waals surface area contributed by atoms with Gasteiger partial charge in [0.2, 0.25) is 0 Å². The van der Waals surface area contributed by atoms with Gasteiger partial charge in [-0.25, -0.2) is 4.99 Å². The molecule has 6 heteroatoms. The first kappa shape index (κ1) is 15.5. The fourth-order valence-corrected chi connectivity index (χ4v) is 1.86. The van der Waals surface area contributed by atoms with Crippen LogP contribution >= 0.6 is 23.2 Å². The van der Waals surface area contributed by atoms with Crippen LogP contribution in [0.3, 0.4) is 0 Å². The molecule has 0 heterocycles. The third-order valence-corrected chi connectivity index (χ3v) is 2.66. The van der Waals surface area contributed by atoms with Crippen molar-refractivity contribution in [2.24, 2.45) is 4.99 Å². The van der Waals surface area contributed by atoms with Gasteiger partial charge in [0, 0.05) is 41.7 Å². The monoisotopic (exact) mass is 290 g/mol. The molecule has 1 aliphatic carbocycles. The zero-order chi connectivity index (χ0) is 12.4. The van der Waals surface area contributed by atoms with Crippen LogP contribution in [-0.4, -0.2) is 46.2 Å². The molecule has 0 saturated carbocycles. The van der Waals surface area contributed by atoms with E-state index in [0.717, 1.165) is 0 Å². The second-order valence-electron chi connectivity index (χ2n) is 3.36. The van der Waals surface area contributed by atoms with Crippen molar-refractivity contribution in [3.05, 3.63) is 46.5 Å². The van der Waals surface area contributed by atoms with Gasteiger partial charge in [-0.2, -0.15) is 0 Å². The molecule has 0 fully saturated rings. The Morgan fingerprint density at radius 3 is 2.00 bits per heavy atom. The van der Waals surface area contributed by atoms with Crippen LogP contribution in [0.4, 0.5) is 5.69 Å². The smallest absolute Gasteiger partial charge is 0.181 e. The Labute approximate surface area is 136 Å². The van der Waals surface area contributed by atoms with Crippen molar-refractivity contribution in [3.8, 4) is 5.75 Å². The quantitative estimate of drug-likeness (QED) is 0.639. The second kappa shape index (κ2) is 6.55. The van der Waals surface area contributed by atoms with Gasteiger partial charge in [0.05, 0.1) is 15.8 Å². The summed E-state index contributed by atoms with van der Waals surface area (Å²) in [5, 5.41) is 9.54. The molecule has 1 radical (unpaired) electrons. The van der Waals surface area contributed by atoms with E-state index >= 15 is 0 Å². The number of hydrogen-bond donors (Lipinski definition) is 1. The standard InChI is InChI=1S/C12H7Cl2NO2.Na/c13-10-5-9(17)6-11(14)12(10)15-7-1-3-8(16)4-2-7;/h1-6,16H;. The van der Waals surface area contributed by atoms with E-state index in [0.29, 0.717) is 11.4 Å². The van der Waals surface area contributed by atoms with Crippen molar-refractivity contribution >= 4 is 69.9 Å². The van der Waals surface area contributed by atoms with Crippen LogP contribution in [0, 0.1) is 0 Å². The van der Waals surface area contributed by atoms with Crippen molar-refractivity contribution in [1.29, 1.82) is 0 Å². The van der Waals surface area contributed by atoms with Gasteiger partial charge in [-0.3, -0.25) is 4.79 Å². The molecule has 0 unspecified atom stereocenters. The number of halogens is 2. The average molecular weight is 291 g/mol. The van der Waals surface area contributed by atoms with Gasteiger partial charge >= 0.3 is 0 Å². The molecular formula is C12H7Cl2NNaO2. The maximum atomic E-state index is 11.1. The minimum absolute atomic E-state index is 0. The number of carbonyl (C=O) groups excluding carboxylic acids is 1. The predicted octanol–water partition coefficient (Wildman–Crippen LogP) is 2.91. The summed E-state index contributed by atoms with van der Waals surface area (Å²) in [7, 11) is 0. The van der Waals surface area contributed by atoms with Gasteiger partial charge in [-0.15, -0.1) is 0 Å². The molecule has 0 saturated heterocycles. The van der Waals surface area contributed by atoms with Crippen LogP contribution in [-0.2, 0) is 4.79 Å². The van der Waals surface area contributed by atoms with E-state index in [2.05, 4.69) is 4.99 Å². The molecule has 1 N–H and O–H groups in total. The zero-order valence-corrected chi connectivity index (χ0v) is 13.0. The number of rotatable bonds is 1. The van der Waals surface area contributed by atoms with Crippen molar-refractivity contribution in [2.75, 3.05) is 0 Å². The molecule has 0 aromatic heterocycles. The maximum absolute atomic E-state index is 11.1. The normalized spacial score (nSPS) is 14.6. The van der Waals surface area contributed by atoms with Gasteiger partial charge in [0.1, 0.15) is 11.5 Å².